The van der Waals surface area contributed by atoms with Crippen LogP contribution in [-0.2, 0) is 11.2 Å². The van der Waals surface area contributed by atoms with Crippen molar-refractivity contribution in [3.05, 3.63) is 29.8 Å². The van der Waals surface area contributed by atoms with E-state index < -0.39 is 0 Å². The average Bonchev–Trinajstić information content (AvgIpc) is 2.56. The normalized spacial score (nSPS) is 18.6. The summed E-state index contributed by atoms with van der Waals surface area (Å²) in [5.41, 5.74) is 1.13. The number of rotatable bonds is 7. The first-order valence-electron chi connectivity index (χ1n) is 8.30. The molecule has 0 bridgehead atoms. The second-order valence-corrected chi connectivity index (χ2v) is 6.20. The van der Waals surface area contributed by atoms with Crippen LogP contribution in [0.3, 0.4) is 0 Å². The number of carbonyl (C=O) groups excluding carboxylic acids is 1. The largest absolute Gasteiger partial charge is 0.496 e. The van der Waals surface area contributed by atoms with E-state index >= 15 is 0 Å². The fourth-order valence-electron chi connectivity index (χ4n) is 3.14. The third kappa shape index (κ3) is 6.40. The van der Waals surface area contributed by atoms with Crippen LogP contribution in [0.4, 0.5) is 0 Å². The maximum Gasteiger partial charge on any atom is 0.220 e. The van der Waals surface area contributed by atoms with Gasteiger partial charge in [-0.1, -0.05) is 25.1 Å². The number of carbonyl (C=O) groups is 1. The maximum absolute atomic E-state index is 12.1. The van der Waals surface area contributed by atoms with Crippen molar-refractivity contribution < 1.29 is 9.53 Å². The minimum Gasteiger partial charge on any atom is -0.496 e. The van der Waals surface area contributed by atoms with Crippen LogP contribution in [0.2, 0.25) is 0 Å². The molecule has 1 fully saturated rings. The van der Waals surface area contributed by atoms with E-state index in [1.54, 1.807) is 7.11 Å². The van der Waals surface area contributed by atoms with Crippen molar-refractivity contribution in [1.29, 1.82) is 0 Å². The highest BCUT2D eigenvalue weighted by atomic mass is 35.5. The molecule has 1 aliphatic heterocycles. The molecule has 2 atom stereocenters. The molecule has 130 valence electrons. The molecular formula is C18H29ClN2O2. The molecule has 1 aliphatic rings. The zero-order valence-electron chi connectivity index (χ0n) is 14.1. The Morgan fingerprint density at radius 2 is 2.22 bits per heavy atom. The van der Waals surface area contributed by atoms with Crippen LogP contribution in [0.5, 0.6) is 5.75 Å². The molecule has 2 N–H and O–H groups in total. The van der Waals surface area contributed by atoms with Gasteiger partial charge in [-0.05, 0) is 55.8 Å². The van der Waals surface area contributed by atoms with Gasteiger partial charge in [-0.3, -0.25) is 4.79 Å². The molecule has 0 saturated carbocycles. The Balaban J connectivity index is 0.00000264. The van der Waals surface area contributed by atoms with Crippen LogP contribution in [-0.4, -0.2) is 32.7 Å². The van der Waals surface area contributed by atoms with Gasteiger partial charge in [0, 0.05) is 13.0 Å². The monoisotopic (exact) mass is 340 g/mol. The minimum absolute atomic E-state index is 0. The number of hydrogen-bond acceptors (Lipinski definition) is 3. The lowest BCUT2D eigenvalue weighted by Gasteiger charge is -2.28. The van der Waals surface area contributed by atoms with Gasteiger partial charge >= 0.3 is 0 Å². The lowest BCUT2D eigenvalue weighted by atomic mass is 9.85. The molecule has 0 spiro atoms. The van der Waals surface area contributed by atoms with Crippen LogP contribution in [0.25, 0.3) is 0 Å². The predicted octanol–water partition coefficient (Wildman–Crippen LogP) is 2.80. The number of halogens is 1. The number of ether oxygens (including phenoxy) is 1. The van der Waals surface area contributed by atoms with E-state index in [9.17, 15) is 4.79 Å². The molecule has 2 unspecified atom stereocenters. The highest BCUT2D eigenvalue weighted by molar-refractivity contribution is 5.85. The maximum atomic E-state index is 12.1. The summed E-state index contributed by atoms with van der Waals surface area (Å²) in [5.74, 6) is 2.12. The van der Waals surface area contributed by atoms with Crippen LogP contribution < -0.4 is 15.4 Å². The van der Waals surface area contributed by atoms with Gasteiger partial charge in [-0.2, -0.15) is 0 Å². The van der Waals surface area contributed by atoms with Gasteiger partial charge in [0.1, 0.15) is 5.75 Å². The first-order chi connectivity index (χ1) is 10.7. The molecule has 2 rings (SSSR count). The minimum atomic E-state index is 0. The zero-order chi connectivity index (χ0) is 15.8. The molecule has 0 aromatic heterocycles. The number of amides is 1. The Hall–Kier alpha value is -1.26. The molecule has 1 aromatic carbocycles. The number of hydrogen-bond donors (Lipinski definition) is 2. The van der Waals surface area contributed by atoms with E-state index in [2.05, 4.69) is 17.6 Å². The summed E-state index contributed by atoms with van der Waals surface area (Å²) in [4.78, 5) is 12.1. The van der Waals surface area contributed by atoms with E-state index in [4.69, 9.17) is 4.74 Å². The van der Waals surface area contributed by atoms with E-state index in [0.29, 0.717) is 24.8 Å². The van der Waals surface area contributed by atoms with E-state index in [1.165, 1.54) is 12.8 Å². The molecular weight excluding hydrogens is 312 g/mol. The van der Waals surface area contributed by atoms with E-state index in [1.807, 2.05) is 24.3 Å². The average molecular weight is 341 g/mol. The van der Waals surface area contributed by atoms with Crippen LogP contribution in [0, 0.1) is 11.8 Å². The summed E-state index contributed by atoms with van der Waals surface area (Å²) in [6.07, 6.45) is 3.89. The van der Waals surface area contributed by atoms with Crippen molar-refractivity contribution in [3.8, 4) is 5.75 Å². The summed E-state index contributed by atoms with van der Waals surface area (Å²) in [6.45, 7) is 5.02. The Morgan fingerprint density at radius 3 is 2.91 bits per heavy atom. The quantitative estimate of drug-likeness (QED) is 0.802. The number of benzene rings is 1. The van der Waals surface area contributed by atoms with Crippen molar-refractivity contribution in [2.24, 2.45) is 11.8 Å². The molecule has 1 amide bonds. The second kappa shape index (κ2) is 10.5. The van der Waals surface area contributed by atoms with Crippen molar-refractivity contribution in [1.82, 2.24) is 10.6 Å². The van der Waals surface area contributed by atoms with E-state index in [-0.39, 0.29) is 18.3 Å². The Labute approximate surface area is 145 Å². The first kappa shape index (κ1) is 19.8. The second-order valence-electron chi connectivity index (χ2n) is 6.20. The zero-order valence-corrected chi connectivity index (χ0v) is 15.0. The van der Waals surface area contributed by atoms with Gasteiger partial charge in [0.05, 0.1) is 7.11 Å². The number of piperidine rings is 1. The van der Waals surface area contributed by atoms with Gasteiger partial charge in [-0.25, -0.2) is 0 Å². The van der Waals surface area contributed by atoms with Crippen LogP contribution in [0.15, 0.2) is 24.3 Å². The number of para-hydroxylation sites is 1. The third-order valence-electron chi connectivity index (χ3n) is 4.56. The predicted molar refractivity (Wildman–Crippen MR) is 96.3 cm³/mol. The molecule has 1 aromatic rings. The molecule has 23 heavy (non-hydrogen) atoms. The van der Waals surface area contributed by atoms with Gasteiger partial charge in [0.25, 0.3) is 0 Å². The summed E-state index contributed by atoms with van der Waals surface area (Å²) in [7, 11) is 1.68. The van der Waals surface area contributed by atoms with Crippen molar-refractivity contribution in [2.45, 2.75) is 32.6 Å². The van der Waals surface area contributed by atoms with E-state index in [0.717, 1.165) is 30.8 Å². The molecule has 0 aliphatic carbocycles. The molecule has 5 heteroatoms. The highest BCUT2D eigenvalue weighted by Crippen LogP contribution is 2.22. The fourth-order valence-corrected chi connectivity index (χ4v) is 3.14. The summed E-state index contributed by atoms with van der Waals surface area (Å²) in [6, 6.07) is 7.95. The smallest absolute Gasteiger partial charge is 0.220 e. The van der Waals surface area contributed by atoms with Crippen molar-refractivity contribution >= 4 is 18.3 Å². The lowest BCUT2D eigenvalue weighted by molar-refractivity contribution is -0.122. The SMILES string of the molecule is COc1ccccc1CCNC(=O)CC(C)C1CCCNC1.Cl. The molecule has 4 nitrogen and oxygen atoms in total. The van der Waals surface area contributed by atoms with Gasteiger partial charge in [0.2, 0.25) is 5.91 Å². The van der Waals surface area contributed by atoms with Gasteiger partial charge in [0.15, 0.2) is 0 Å². The molecule has 1 heterocycles. The summed E-state index contributed by atoms with van der Waals surface area (Å²) in [5, 5.41) is 6.46. The first-order valence-corrected chi connectivity index (χ1v) is 8.30. The fraction of sp³-hybridized carbons (Fsp3) is 0.611. The van der Waals surface area contributed by atoms with Gasteiger partial charge < -0.3 is 15.4 Å². The Morgan fingerprint density at radius 1 is 1.43 bits per heavy atom. The van der Waals surface area contributed by atoms with Crippen LogP contribution >= 0.6 is 12.4 Å². The lowest BCUT2D eigenvalue weighted by Crippen LogP contribution is -2.36. The van der Waals surface area contributed by atoms with Crippen LogP contribution in [0.1, 0.15) is 31.7 Å². The van der Waals surface area contributed by atoms with Crippen molar-refractivity contribution in [3.63, 3.8) is 0 Å². The van der Waals surface area contributed by atoms with Crippen molar-refractivity contribution in [2.75, 3.05) is 26.7 Å². The van der Waals surface area contributed by atoms with Gasteiger partial charge in [-0.15, -0.1) is 12.4 Å². The molecule has 1 saturated heterocycles. The Kier molecular flexibility index (Phi) is 9.03. The molecule has 0 radical (unpaired) electrons. The number of methoxy groups -OCH3 is 1. The third-order valence-corrected chi connectivity index (χ3v) is 4.56. The highest BCUT2D eigenvalue weighted by Gasteiger charge is 2.21. The number of nitrogens with one attached hydrogen (secondary N) is 2. The summed E-state index contributed by atoms with van der Waals surface area (Å²) >= 11 is 0. The topological polar surface area (TPSA) is 50.4 Å². The summed E-state index contributed by atoms with van der Waals surface area (Å²) < 4.78 is 5.33. The Bertz CT molecular complexity index is 476. The standard InChI is InChI=1S/C18H28N2O2.ClH/c1-14(16-7-5-10-19-13-16)12-18(21)20-11-9-15-6-3-4-8-17(15)22-2;/h3-4,6,8,14,16,19H,5,7,9-13H2,1-2H3,(H,20,21);1H.